The zero-order chi connectivity index (χ0) is 14.7. The molecule has 1 amide bonds. The molecule has 1 fully saturated rings. The third-order valence-electron chi connectivity index (χ3n) is 3.56. The van der Waals surface area contributed by atoms with Crippen LogP contribution in [0.1, 0.15) is 29.4 Å². The number of rotatable bonds is 3. The van der Waals surface area contributed by atoms with Crippen molar-refractivity contribution in [2.24, 2.45) is 0 Å². The molecule has 3 rings (SSSR count). The van der Waals surface area contributed by atoms with Crippen LogP contribution in [-0.2, 0) is 0 Å². The zero-order valence-corrected chi connectivity index (χ0v) is 12.6. The van der Waals surface area contributed by atoms with Crippen LogP contribution < -0.4 is 10.6 Å². The van der Waals surface area contributed by atoms with Gasteiger partial charge in [0.15, 0.2) is 10.8 Å². The Morgan fingerprint density at radius 2 is 2.19 bits per heavy atom. The van der Waals surface area contributed by atoms with Gasteiger partial charge in [-0.05, 0) is 32.4 Å². The molecule has 2 N–H and O–H groups in total. The smallest absolute Gasteiger partial charge is 0.263 e. The summed E-state index contributed by atoms with van der Waals surface area (Å²) in [6.07, 6.45) is 7.01. The van der Waals surface area contributed by atoms with Crippen LogP contribution in [0, 0.1) is 0 Å². The number of carbonyl (C=O) groups excluding carboxylic acids is 1. The molecule has 21 heavy (non-hydrogen) atoms. The van der Waals surface area contributed by atoms with E-state index in [9.17, 15) is 4.79 Å². The molecule has 0 bridgehead atoms. The lowest BCUT2D eigenvalue weighted by atomic mass is 10.00. The largest absolute Gasteiger partial charge is 0.347 e. The van der Waals surface area contributed by atoms with Gasteiger partial charge in [-0.25, -0.2) is 15.0 Å². The summed E-state index contributed by atoms with van der Waals surface area (Å²) < 4.78 is 0. The van der Waals surface area contributed by atoms with E-state index in [1.807, 2.05) is 0 Å². The Bertz CT molecular complexity index is 615. The lowest BCUT2D eigenvalue weighted by molar-refractivity contribution is 0.0924. The summed E-state index contributed by atoms with van der Waals surface area (Å²) in [6, 6.07) is 2.22. The third kappa shape index (κ3) is 3.25. The third-order valence-corrected chi connectivity index (χ3v) is 4.56. The summed E-state index contributed by atoms with van der Waals surface area (Å²) in [7, 11) is 0. The number of thiazole rings is 1. The van der Waals surface area contributed by atoms with E-state index >= 15 is 0 Å². The van der Waals surface area contributed by atoms with E-state index in [2.05, 4.69) is 32.5 Å². The van der Waals surface area contributed by atoms with Crippen LogP contribution in [0.15, 0.2) is 24.7 Å². The van der Waals surface area contributed by atoms with Crippen LogP contribution in [0.5, 0.6) is 0 Å². The Morgan fingerprint density at radius 1 is 1.38 bits per heavy atom. The Labute approximate surface area is 127 Å². The van der Waals surface area contributed by atoms with Gasteiger partial charge in [0, 0.05) is 24.5 Å². The highest BCUT2D eigenvalue weighted by molar-refractivity contribution is 7.16. The minimum Gasteiger partial charge on any atom is -0.347 e. The molecule has 2 aromatic rings. The normalized spacial score (nSPS) is 22.0. The van der Waals surface area contributed by atoms with Crippen LogP contribution in [0.2, 0.25) is 0 Å². The first kappa shape index (κ1) is 14.1. The molecule has 6 nitrogen and oxygen atoms in total. The molecule has 2 unspecified atom stereocenters. The molecule has 0 saturated carbocycles. The minimum absolute atomic E-state index is 0.0739. The fourth-order valence-corrected chi connectivity index (χ4v) is 3.14. The molecular weight excluding hydrogens is 286 g/mol. The second-order valence-electron chi connectivity index (χ2n) is 5.07. The van der Waals surface area contributed by atoms with E-state index in [1.165, 1.54) is 11.3 Å². The summed E-state index contributed by atoms with van der Waals surface area (Å²) >= 11 is 1.32. The van der Waals surface area contributed by atoms with Crippen LogP contribution in [0.3, 0.4) is 0 Å². The topological polar surface area (TPSA) is 79.8 Å². The van der Waals surface area contributed by atoms with E-state index in [1.54, 1.807) is 24.7 Å². The maximum Gasteiger partial charge on any atom is 0.263 e. The molecule has 1 aliphatic rings. The van der Waals surface area contributed by atoms with Crippen molar-refractivity contribution >= 4 is 17.2 Å². The number of hydrogen-bond donors (Lipinski definition) is 2. The van der Waals surface area contributed by atoms with Gasteiger partial charge in [0.25, 0.3) is 5.91 Å². The van der Waals surface area contributed by atoms with Crippen molar-refractivity contribution in [3.05, 3.63) is 29.5 Å². The molecule has 1 saturated heterocycles. The van der Waals surface area contributed by atoms with Gasteiger partial charge in [-0.15, -0.1) is 11.3 Å². The average molecular weight is 303 g/mol. The maximum atomic E-state index is 12.3. The fraction of sp³-hybridized carbons (Fsp3) is 0.429. The molecule has 2 atom stereocenters. The van der Waals surface area contributed by atoms with E-state index in [-0.39, 0.29) is 11.9 Å². The Morgan fingerprint density at radius 3 is 2.95 bits per heavy atom. The molecule has 110 valence electrons. The number of amides is 1. The molecule has 1 aliphatic heterocycles. The molecule has 0 spiro atoms. The van der Waals surface area contributed by atoms with Crippen LogP contribution in [-0.4, -0.2) is 39.5 Å². The quantitative estimate of drug-likeness (QED) is 0.897. The molecule has 3 heterocycles. The first-order valence-corrected chi connectivity index (χ1v) is 7.83. The van der Waals surface area contributed by atoms with Crippen molar-refractivity contribution in [1.82, 2.24) is 25.6 Å². The summed E-state index contributed by atoms with van der Waals surface area (Å²) in [6.45, 7) is 3.11. The highest BCUT2D eigenvalue weighted by Crippen LogP contribution is 2.21. The Kier molecular flexibility index (Phi) is 4.21. The molecular formula is C14H17N5OS. The number of piperidine rings is 1. The first-order valence-electron chi connectivity index (χ1n) is 7.01. The number of hydrogen-bond acceptors (Lipinski definition) is 6. The predicted octanol–water partition coefficient (Wildman–Crippen LogP) is 1.47. The predicted molar refractivity (Wildman–Crippen MR) is 81.1 cm³/mol. The van der Waals surface area contributed by atoms with Crippen molar-refractivity contribution in [3.63, 3.8) is 0 Å². The number of carbonyl (C=O) groups is 1. The number of nitrogens with zero attached hydrogens (tertiary/aromatic N) is 3. The second kappa shape index (κ2) is 6.28. The van der Waals surface area contributed by atoms with Crippen molar-refractivity contribution < 1.29 is 4.79 Å². The molecule has 0 radical (unpaired) electrons. The highest BCUT2D eigenvalue weighted by atomic mass is 32.1. The van der Waals surface area contributed by atoms with Crippen LogP contribution >= 0.6 is 11.3 Å². The van der Waals surface area contributed by atoms with Gasteiger partial charge in [0.05, 0.1) is 6.20 Å². The maximum absolute atomic E-state index is 12.3. The molecule has 7 heteroatoms. The van der Waals surface area contributed by atoms with Gasteiger partial charge in [-0.2, -0.15) is 0 Å². The lowest BCUT2D eigenvalue weighted by Gasteiger charge is -2.30. The number of nitrogens with one attached hydrogen (secondary N) is 2. The van der Waals surface area contributed by atoms with E-state index in [4.69, 9.17) is 0 Å². The average Bonchev–Trinajstić information content (AvgIpc) is 3.00. The van der Waals surface area contributed by atoms with Crippen molar-refractivity contribution in [3.8, 4) is 10.8 Å². The lowest BCUT2D eigenvalue weighted by Crippen LogP contribution is -2.51. The standard InChI is InChI=1S/C14H17N5OS/c1-9-10(4-2-5-15-9)19-13(20)11-8-18-14(21-11)12-16-6-3-7-17-12/h3,6-10,15H,2,4-5H2,1H3,(H,19,20). The Hall–Kier alpha value is -1.86. The van der Waals surface area contributed by atoms with Gasteiger partial charge >= 0.3 is 0 Å². The van der Waals surface area contributed by atoms with Crippen molar-refractivity contribution in [2.75, 3.05) is 6.54 Å². The molecule has 2 aromatic heterocycles. The van der Waals surface area contributed by atoms with Gasteiger partial charge in [0.2, 0.25) is 0 Å². The van der Waals surface area contributed by atoms with Gasteiger partial charge in [-0.1, -0.05) is 0 Å². The fourth-order valence-electron chi connectivity index (χ4n) is 2.37. The zero-order valence-electron chi connectivity index (χ0n) is 11.7. The molecule has 0 aliphatic carbocycles. The molecule has 0 aromatic carbocycles. The van der Waals surface area contributed by atoms with E-state index in [0.29, 0.717) is 21.8 Å². The highest BCUT2D eigenvalue weighted by Gasteiger charge is 2.23. The summed E-state index contributed by atoms with van der Waals surface area (Å²) in [5.41, 5.74) is 0. The Balaban J connectivity index is 1.69. The summed E-state index contributed by atoms with van der Waals surface area (Å²) in [5, 5.41) is 7.11. The SMILES string of the molecule is CC1NCCCC1NC(=O)c1cnc(-c2ncccn2)s1. The van der Waals surface area contributed by atoms with Gasteiger partial charge in [-0.3, -0.25) is 4.79 Å². The van der Waals surface area contributed by atoms with Crippen LogP contribution in [0.4, 0.5) is 0 Å². The second-order valence-corrected chi connectivity index (χ2v) is 6.10. The van der Waals surface area contributed by atoms with Gasteiger partial charge in [0.1, 0.15) is 4.88 Å². The van der Waals surface area contributed by atoms with Crippen molar-refractivity contribution in [1.29, 1.82) is 0 Å². The first-order chi connectivity index (χ1) is 10.2. The summed E-state index contributed by atoms with van der Waals surface area (Å²) in [5.74, 6) is 0.476. The van der Waals surface area contributed by atoms with Gasteiger partial charge < -0.3 is 10.6 Å². The van der Waals surface area contributed by atoms with Crippen LogP contribution in [0.25, 0.3) is 10.8 Å². The minimum atomic E-state index is -0.0739. The monoisotopic (exact) mass is 303 g/mol. The van der Waals surface area contributed by atoms with E-state index < -0.39 is 0 Å². The number of aromatic nitrogens is 3. The van der Waals surface area contributed by atoms with E-state index in [0.717, 1.165) is 19.4 Å². The van der Waals surface area contributed by atoms with Crippen molar-refractivity contribution in [2.45, 2.75) is 31.8 Å². The summed E-state index contributed by atoms with van der Waals surface area (Å²) in [4.78, 5) is 25.4.